The second-order valence-corrected chi connectivity index (χ2v) is 4.83. The van der Waals surface area contributed by atoms with E-state index in [2.05, 4.69) is 10.6 Å². The summed E-state index contributed by atoms with van der Waals surface area (Å²) in [4.78, 5) is 11.4. The number of hydrogen-bond acceptors (Lipinski definition) is 2. The Bertz CT molecular complexity index is 221. The lowest BCUT2D eigenvalue weighted by Crippen LogP contribution is -2.45. The standard InChI is InChI=1S/C11H20N2O2/c14-10-5-8(6-10)7-12-11(15)13-9-3-1-2-4-9/h8-10,14H,1-7H2,(H2,12,13,15). The molecule has 0 aromatic carbocycles. The average Bonchev–Trinajstić information content (AvgIpc) is 2.63. The minimum atomic E-state index is -0.130. The van der Waals surface area contributed by atoms with E-state index in [1.54, 1.807) is 0 Å². The van der Waals surface area contributed by atoms with Gasteiger partial charge in [-0.15, -0.1) is 0 Å². The normalized spacial score (nSPS) is 31.0. The van der Waals surface area contributed by atoms with Crippen molar-refractivity contribution in [3.8, 4) is 0 Å². The van der Waals surface area contributed by atoms with Crippen LogP contribution in [-0.2, 0) is 0 Å². The topological polar surface area (TPSA) is 61.4 Å². The smallest absolute Gasteiger partial charge is 0.315 e. The molecule has 2 aliphatic carbocycles. The van der Waals surface area contributed by atoms with Crippen molar-refractivity contribution in [2.24, 2.45) is 5.92 Å². The van der Waals surface area contributed by atoms with E-state index in [9.17, 15) is 4.79 Å². The third-order valence-corrected chi connectivity index (χ3v) is 3.45. The summed E-state index contributed by atoms with van der Waals surface area (Å²) in [5.41, 5.74) is 0. The molecule has 0 radical (unpaired) electrons. The van der Waals surface area contributed by atoms with E-state index < -0.39 is 0 Å². The third kappa shape index (κ3) is 3.09. The molecule has 0 aliphatic heterocycles. The number of carbonyl (C=O) groups excluding carboxylic acids is 1. The van der Waals surface area contributed by atoms with E-state index in [-0.39, 0.29) is 12.1 Å². The molecule has 2 fully saturated rings. The number of aliphatic hydroxyl groups excluding tert-OH is 1. The van der Waals surface area contributed by atoms with Crippen LogP contribution < -0.4 is 10.6 Å². The molecule has 2 saturated carbocycles. The zero-order valence-electron chi connectivity index (χ0n) is 9.04. The van der Waals surface area contributed by atoms with Gasteiger partial charge in [0, 0.05) is 12.6 Å². The van der Waals surface area contributed by atoms with Crippen molar-refractivity contribution in [1.82, 2.24) is 10.6 Å². The van der Waals surface area contributed by atoms with Crippen molar-refractivity contribution in [3.05, 3.63) is 0 Å². The minimum absolute atomic E-state index is 0.0386. The largest absolute Gasteiger partial charge is 0.393 e. The van der Waals surface area contributed by atoms with Crippen molar-refractivity contribution in [2.45, 2.75) is 50.7 Å². The number of carbonyl (C=O) groups is 1. The van der Waals surface area contributed by atoms with Crippen LogP contribution in [0.4, 0.5) is 4.79 Å². The van der Waals surface area contributed by atoms with Gasteiger partial charge in [-0.1, -0.05) is 12.8 Å². The van der Waals surface area contributed by atoms with Crippen LogP contribution in [0.15, 0.2) is 0 Å². The van der Waals surface area contributed by atoms with Gasteiger partial charge in [0.05, 0.1) is 6.10 Å². The van der Waals surface area contributed by atoms with E-state index >= 15 is 0 Å². The second-order valence-electron chi connectivity index (χ2n) is 4.83. The van der Waals surface area contributed by atoms with E-state index in [1.807, 2.05) is 0 Å². The third-order valence-electron chi connectivity index (χ3n) is 3.45. The highest BCUT2D eigenvalue weighted by atomic mass is 16.3. The Labute approximate surface area is 90.4 Å². The fourth-order valence-electron chi connectivity index (χ4n) is 2.41. The molecule has 4 heteroatoms. The summed E-state index contributed by atoms with van der Waals surface area (Å²) in [5.74, 6) is 0.481. The first-order valence-corrected chi connectivity index (χ1v) is 5.96. The van der Waals surface area contributed by atoms with Crippen LogP contribution in [0.3, 0.4) is 0 Å². The van der Waals surface area contributed by atoms with Gasteiger partial charge in [-0.05, 0) is 31.6 Å². The van der Waals surface area contributed by atoms with Gasteiger partial charge in [-0.3, -0.25) is 0 Å². The molecule has 2 rings (SSSR count). The molecule has 0 spiro atoms. The zero-order chi connectivity index (χ0) is 10.7. The molecule has 3 N–H and O–H groups in total. The summed E-state index contributed by atoms with van der Waals surface area (Å²) in [6.07, 6.45) is 6.26. The van der Waals surface area contributed by atoms with Gasteiger partial charge in [-0.2, -0.15) is 0 Å². The molecular formula is C11H20N2O2. The Balaban J connectivity index is 1.56. The highest BCUT2D eigenvalue weighted by Crippen LogP contribution is 2.26. The Morgan fingerprint density at radius 2 is 1.93 bits per heavy atom. The summed E-state index contributed by atoms with van der Waals surface area (Å²) >= 11 is 0. The van der Waals surface area contributed by atoms with Gasteiger partial charge >= 0.3 is 6.03 Å². The fourth-order valence-corrected chi connectivity index (χ4v) is 2.41. The van der Waals surface area contributed by atoms with Gasteiger partial charge in [0.2, 0.25) is 0 Å². The number of hydrogen-bond donors (Lipinski definition) is 3. The Morgan fingerprint density at radius 1 is 1.27 bits per heavy atom. The lowest BCUT2D eigenvalue weighted by molar-refractivity contribution is 0.0440. The molecule has 0 atom stereocenters. The van der Waals surface area contributed by atoms with Crippen LogP contribution in [0, 0.1) is 5.92 Å². The zero-order valence-corrected chi connectivity index (χ0v) is 9.04. The van der Waals surface area contributed by atoms with Gasteiger partial charge in [-0.25, -0.2) is 4.79 Å². The van der Waals surface area contributed by atoms with Gasteiger partial charge in [0.15, 0.2) is 0 Å². The summed E-state index contributed by atoms with van der Waals surface area (Å²) in [6.45, 7) is 0.704. The molecule has 0 aromatic rings. The monoisotopic (exact) mass is 212 g/mol. The van der Waals surface area contributed by atoms with Crippen LogP contribution in [-0.4, -0.2) is 29.8 Å². The van der Waals surface area contributed by atoms with Crippen molar-refractivity contribution in [1.29, 1.82) is 0 Å². The van der Waals surface area contributed by atoms with Crippen molar-refractivity contribution >= 4 is 6.03 Å². The van der Waals surface area contributed by atoms with Gasteiger partial charge < -0.3 is 15.7 Å². The van der Waals surface area contributed by atoms with E-state index in [1.165, 1.54) is 12.8 Å². The molecule has 0 unspecified atom stereocenters. The predicted molar refractivity (Wildman–Crippen MR) is 57.5 cm³/mol. The Morgan fingerprint density at radius 3 is 2.53 bits per heavy atom. The van der Waals surface area contributed by atoms with Crippen molar-refractivity contribution in [2.75, 3.05) is 6.54 Å². The highest BCUT2D eigenvalue weighted by Gasteiger charge is 2.27. The second kappa shape index (κ2) is 4.84. The van der Waals surface area contributed by atoms with Crippen LogP contribution >= 0.6 is 0 Å². The molecule has 86 valence electrons. The van der Waals surface area contributed by atoms with Crippen LogP contribution in [0.1, 0.15) is 38.5 Å². The maximum Gasteiger partial charge on any atom is 0.315 e. The molecule has 0 saturated heterocycles. The Hall–Kier alpha value is -0.770. The van der Waals surface area contributed by atoms with Crippen molar-refractivity contribution < 1.29 is 9.90 Å². The molecule has 2 aliphatic rings. The number of amides is 2. The summed E-state index contributed by atoms with van der Waals surface area (Å²) in [7, 11) is 0. The molecule has 0 aromatic heterocycles. The van der Waals surface area contributed by atoms with Crippen LogP contribution in [0.5, 0.6) is 0 Å². The van der Waals surface area contributed by atoms with Gasteiger partial charge in [0.25, 0.3) is 0 Å². The van der Waals surface area contributed by atoms with E-state index in [0.717, 1.165) is 25.7 Å². The first kappa shape index (κ1) is 10.7. The summed E-state index contributed by atoms with van der Waals surface area (Å²) in [6, 6.07) is 0.347. The first-order chi connectivity index (χ1) is 7.24. The minimum Gasteiger partial charge on any atom is -0.393 e. The quantitative estimate of drug-likeness (QED) is 0.653. The molecule has 2 amide bonds. The molecule has 0 bridgehead atoms. The summed E-state index contributed by atoms with van der Waals surface area (Å²) < 4.78 is 0. The molecule has 15 heavy (non-hydrogen) atoms. The van der Waals surface area contributed by atoms with Crippen molar-refractivity contribution in [3.63, 3.8) is 0 Å². The van der Waals surface area contributed by atoms with E-state index in [0.29, 0.717) is 18.5 Å². The molecule has 0 heterocycles. The highest BCUT2D eigenvalue weighted by molar-refractivity contribution is 5.74. The molecule has 4 nitrogen and oxygen atoms in total. The maximum atomic E-state index is 11.4. The number of nitrogens with one attached hydrogen (secondary N) is 2. The lowest BCUT2D eigenvalue weighted by atomic mass is 9.82. The first-order valence-electron chi connectivity index (χ1n) is 5.96. The Kier molecular flexibility index (Phi) is 3.46. The molecular weight excluding hydrogens is 192 g/mol. The lowest BCUT2D eigenvalue weighted by Gasteiger charge is -2.31. The predicted octanol–water partition coefficient (Wildman–Crippen LogP) is 0.999. The van der Waals surface area contributed by atoms with Crippen LogP contribution in [0.2, 0.25) is 0 Å². The maximum absolute atomic E-state index is 11.4. The number of urea groups is 1. The number of aliphatic hydroxyl groups is 1. The average molecular weight is 212 g/mol. The SMILES string of the molecule is O=C(NCC1CC(O)C1)NC1CCCC1. The van der Waals surface area contributed by atoms with Crippen LogP contribution in [0.25, 0.3) is 0 Å². The number of rotatable bonds is 3. The van der Waals surface area contributed by atoms with E-state index in [4.69, 9.17) is 5.11 Å². The summed E-state index contributed by atoms with van der Waals surface area (Å²) in [5, 5.41) is 14.9. The van der Waals surface area contributed by atoms with Gasteiger partial charge in [0.1, 0.15) is 0 Å². The fraction of sp³-hybridized carbons (Fsp3) is 0.909.